The molecule has 9 heteroatoms. The number of aromatic nitrogens is 2. The molecule has 1 atom stereocenters. The predicted octanol–water partition coefficient (Wildman–Crippen LogP) is 2.91. The summed E-state index contributed by atoms with van der Waals surface area (Å²) in [7, 11) is 0. The van der Waals surface area contributed by atoms with Crippen LogP contribution < -0.4 is 9.64 Å². The first-order valence-electron chi connectivity index (χ1n) is 11.9. The molecule has 0 saturated carbocycles. The lowest BCUT2D eigenvalue weighted by Crippen LogP contribution is -2.54. The van der Waals surface area contributed by atoms with Crippen molar-refractivity contribution in [2.24, 2.45) is 5.92 Å². The molecule has 0 N–H and O–H groups in total. The zero-order valence-electron chi connectivity index (χ0n) is 20.0. The molecule has 2 aromatic rings. The highest BCUT2D eigenvalue weighted by Crippen LogP contribution is 2.24. The van der Waals surface area contributed by atoms with E-state index in [0.29, 0.717) is 63.1 Å². The molecule has 1 aromatic heterocycles. The number of rotatable bonds is 6. The minimum Gasteiger partial charge on any atom is -0.477 e. The van der Waals surface area contributed by atoms with E-state index in [4.69, 9.17) is 4.74 Å². The maximum Gasteiger partial charge on any atom is 0.254 e. The van der Waals surface area contributed by atoms with E-state index in [9.17, 15) is 14.0 Å². The molecule has 2 saturated heterocycles. The molecule has 1 aromatic carbocycles. The Balaban J connectivity index is 1.37. The Hall–Kier alpha value is -3.23. The minimum atomic E-state index is -0.501. The normalized spacial score (nSPS) is 18.5. The number of aryl methyl sites for hydroxylation is 1. The molecule has 0 aliphatic carbocycles. The number of nitrogens with zero attached hydrogens (tertiary/aromatic N) is 5. The highest BCUT2D eigenvalue weighted by molar-refractivity contribution is 5.98. The number of carbonyl (C=O) groups is 2. The van der Waals surface area contributed by atoms with E-state index >= 15 is 0 Å². The monoisotopic (exact) mass is 469 g/mol. The van der Waals surface area contributed by atoms with Gasteiger partial charge in [-0.15, -0.1) is 0 Å². The molecule has 3 heterocycles. The number of halogens is 1. The summed E-state index contributed by atoms with van der Waals surface area (Å²) >= 11 is 0. The molecule has 8 nitrogen and oxygen atoms in total. The van der Waals surface area contributed by atoms with Gasteiger partial charge in [0.1, 0.15) is 24.0 Å². The molecule has 0 spiro atoms. The summed E-state index contributed by atoms with van der Waals surface area (Å²) in [4.78, 5) is 40.4. The quantitative estimate of drug-likeness (QED) is 0.647. The molecule has 2 amide bonds. The highest BCUT2D eigenvalue weighted by atomic mass is 19.1. The van der Waals surface area contributed by atoms with Crippen LogP contribution in [0.25, 0.3) is 0 Å². The SMILES string of the molecule is Cc1ccc(C(=O)N2CCCC2C(=O)N2CCN(c3cc(OCC(C)C)ncn3)CC2)cc1F. The van der Waals surface area contributed by atoms with E-state index in [2.05, 4.69) is 28.7 Å². The summed E-state index contributed by atoms with van der Waals surface area (Å²) in [6, 6.07) is 5.81. The van der Waals surface area contributed by atoms with Gasteiger partial charge in [-0.25, -0.2) is 14.4 Å². The van der Waals surface area contributed by atoms with Crippen LogP contribution in [-0.2, 0) is 4.79 Å². The number of carbonyl (C=O) groups excluding carboxylic acids is 2. The third-order valence-corrected chi connectivity index (χ3v) is 6.32. The molecule has 182 valence electrons. The number of hydrogen-bond donors (Lipinski definition) is 0. The van der Waals surface area contributed by atoms with Gasteiger partial charge >= 0.3 is 0 Å². The van der Waals surface area contributed by atoms with Gasteiger partial charge < -0.3 is 19.4 Å². The van der Waals surface area contributed by atoms with Gasteiger partial charge in [-0.2, -0.15) is 0 Å². The highest BCUT2D eigenvalue weighted by Gasteiger charge is 2.38. The molecule has 2 aliphatic rings. The van der Waals surface area contributed by atoms with Crippen LogP contribution in [0.2, 0.25) is 0 Å². The van der Waals surface area contributed by atoms with Gasteiger partial charge in [0, 0.05) is 44.4 Å². The maximum absolute atomic E-state index is 14.0. The lowest BCUT2D eigenvalue weighted by Gasteiger charge is -2.37. The van der Waals surface area contributed by atoms with Crippen molar-refractivity contribution in [2.75, 3.05) is 44.2 Å². The van der Waals surface area contributed by atoms with Gasteiger partial charge in [0.05, 0.1) is 6.61 Å². The first-order valence-corrected chi connectivity index (χ1v) is 11.9. The Kier molecular flexibility index (Phi) is 7.29. The smallest absolute Gasteiger partial charge is 0.254 e. The molecule has 2 fully saturated rings. The zero-order chi connectivity index (χ0) is 24.2. The molecule has 2 aliphatic heterocycles. The van der Waals surface area contributed by atoms with Crippen molar-refractivity contribution in [3.8, 4) is 5.88 Å². The number of likely N-dealkylation sites (tertiary alicyclic amines) is 1. The van der Waals surface area contributed by atoms with E-state index in [1.807, 2.05) is 11.0 Å². The number of benzene rings is 1. The van der Waals surface area contributed by atoms with Gasteiger partial charge in [-0.3, -0.25) is 9.59 Å². The molecule has 0 bridgehead atoms. The van der Waals surface area contributed by atoms with Gasteiger partial charge in [0.15, 0.2) is 0 Å². The van der Waals surface area contributed by atoms with Crippen LogP contribution in [0.1, 0.15) is 42.6 Å². The lowest BCUT2D eigenvalue weighted by atomic mass is 10.1. The van der Waals surface area contributed by atoms with Crippen molar-refractivity contribution in [1.82, 2.24) is 19.8 Å². The van der Waals surface area contributed by atoms with Gasteiger partial charge in [0.2, 0.25) is 11.8 Å². The standard InChI is InChI=1S/C25H32FN5O3/c1-17(2)15-34-23-14-22(27-16-28-23)29-9-11-30(12-10-29)25(33)21-5-4-8-31(21)24(32)19-7-6-18(3)20(26)13-19/h6-7,13-14,16-17,21H,4-5,8-12,15H2,1-3H3. The van der Waals surface area contributed by atoms with Crippen molar-refractivity contribution in [3.05, 3.63) is 47.5 Å². The fraction of sp³-hybridized carbons (Fsp3) is 0.520. The Bertz CT molecular complexity index is 1040. The lowest BCUT2D eigenvalue weighted by molar-refractivity contribution is -0.135. The van der Waals surface area contributed by atoms with Crippen LogP contribution in [0, 0.1) is 18.7 Å². The van der Waals surface area contributed by atoms with E-state index in [-0.39, 0.29) is 17.4 Å². The van der Waals surface area contributed by atoms with Crippen LogP contribution in [0.15, 0.2) is 30.6 Å². The van der Waals surface area contributed by atoms with Crippen molar-refractivity contribution in [2.45, 2.75) is 39.7 Å². The summed E-state index contributed by atoms with van der Waals surface area (Å²) < 4.78 is 19.7. The van der Waals surface area contributed by atoms with Crippen molar-refractivity contribution in [1.29, 1.82) is 0 Å². The fourth-order valence-electron chi connectivity index (χ4n) is 4.36. The summed E-state index contributed by atoms with van der Waals surface area (Å²) in [5.74, 6) is 0.987. The molecular formula is C25H32FN5O3. The third-order valence-electron chi connectivity index (χ3n) is 6.32. The number of hydrogen-bond acceptors (Lipinski definition) is 6. The minimum absolute atomic E-state index is 0.0401. The summed E-state index contributed by atoms with van der Waals surface area (Å²) in [6.07, 6.45) is 2.89. The molecule has 4 rings (SSSR count). The Labute approximate surface area is 199 Å². The fourth-order valence-corrected chi connectivity index (χ4v) is 4.36. The second-order valence-corrected chi connectivity index (χ2v) is 9.35. The van der Waals surface area contributed by atoms with Crippen molar-refractivity contribution < 1.29 is 18.7 Å². The summed E-state index contributed by atoms with van der Waals surface area (Å²) in [6.45, 7) is 9.27. The predicted molar refractivity (Wildman–Crippen MR) is 126 cm³/mol. The van der Waals surface area contributed by atoms with Crippen LogP contribution >= 0.6 is 0 Å². The Morgan fingerprint density at radius 3 is 2.59 bits per heavy atom. The first kappa shape index (κ1) is 23.9. The maximum atomic E-state index is 14.0. The average Bonchev–Trinajstić information content (AvgIpc) is 3.34. The molecule has 0 radical (unpaired) electrons. The van der Waals surface area contributed by atoms with E-state index in [1.165, 1.54) is 12.4 Å². The van der Waals surface area contributed by atoms with E-state index < -0.39 is 11.9 Å². The van der Waals surface area contributed by atoms with E-state index in [0.717, 1.165) is 12.2 Å². The average molecular weight is 470 g/mol. The zero-order valence-corrected chi connectivity index (χ0v) is 20.0. The van der Waals surface area contributed by atoms with Gasteiger partial charge in [-0.05, 0) is 43.4 Å². The molecule has 1 unspecified atom stereocenters. The first-order chi connectivity index (χ1) is 16.3. The molecule has 34 heavy (non-hydrogen) atoms. The second-order valence-electron chi connectivity index (χ2n) is 9.35. The Morgan fingerprint density at radius 1 is 1.12 bits per heavy atom. The number of piperazine rings is 1. The Morgan fingerprint density at radius 2 is 1.88 bits per heavy atom. The van der Waals surface area contributed by atoms with Crippen molar-refractivity contribution in [3.63, 3.8) is 0 Å². The van der Waals surface area contributed by atoms with Crippen LogP contribution in [0.5, 0.6) is 5.88 Å². The number of ether oxygens (including phenoxy) is 1. The van der Waals surface area contributed by atoms with Crippen molar-refractivity contribution >= 4 is 17.6 Å². The second kappa shape index (κ2) is 10.4. The van der Waals surface area contributed by atoms with Gasteiger partial charge in [-0.1, -0.05) is 19.9 Å². The van der Waals surface area contributed by atoms with Gasteiger partial charge in [0.25, 0.3) is 5.91 Å². The van der Waals surface area contributed by atoms with Crippen LogP contribution in [-0.4, -0.2) is 77.0 Å². The summed E-state index contributed by atoms with van der Waals surface area (Å²) in [5.41, 5.74) is 0.776. The third kappa shape index (κ3) is 5.29. The largest absolute Gasteiger partial charge is 0.477 e. The topological polar surface area (TPSA) is 78.9 Å². The number of anilines is 1. The van der Waals surface area contributed by atoms with Crippen LogP contribution in [0.4, 0.5) is 10.2 Å². The molecular weight excluding hydrogens is 437 g/mol. The summed E-state index contributed by atoms with van der Waals surface area (Å²) in [5, 5.41) is 0. The van der Waals surface area contributed by atoms with E-state index in [1.54, 1.807) is 24.0 Å². The van der Waals surface area contributed by atoms with Crippen LogP contribution in [0.3, 0.4) is 0 Å². The number of amides is 2.